The number of hydrogen-bond donors (Lipinski definition) is 0. The fourth-order valence-electron chi connectivity index (χ4n) is 3.08. The lowest BCUT2D eigenvalue weighted by Crippen LogP contribution is -2.24. The molecule has 0 N–H and O–H groups in total. The molecule has 0 atom stereocenters. The summed E-state index contributed by atoms with van der Waals surface area (Å²) in [7, 11) is 0. The molecule has 2 aromatic carbocycles. The molecule has 1 aliphatic rings. The first-order chi connectivity index (χ1) is 13.5. The summed E-state index contributed by atoms with van der Waals surface area (Å²) in [4.78, 5) is 18.0. The molecule has 6 nitrogen and oxygen atoms in total. The zero-order valence-electron chi connectivity index (χ0n) is 15.1. The van der Waals surface area contributed by atoms with Gasteiger partial charge in [-0.1, -0.05) is 28.9 Å². The highest BCUT2D eigenvalue weighted by atomic mass is 35.5. The van der Waals surface area contributed by atoms with Crippen molar-refractivity contribution < 1.29 is 18.4 Å². The van der Waals surface area contributed by atoms with Gasteiger partial charge in [-0.25, -0.2) is 4.39 Å². The number of aromatic nitrogens is 2. The van der Waals surface area contributed by atoms with Gasteiger partial charge in [0.15, 0.2) is 0 Å². The number of carbonyl (C=O) groups excluding carboxylic acids is 1. The number of halogens is 2. The van der Waals surface area contributed by atoms with Crippen molar-refractivity contribution in [2.45, 2.75) is 26.3 Å². The van der Waals surface area contributed by atoms with Crippen LogP contribution in [0.5, 0.6) is 11.5 Å². The molecule has 1 fully saturated rings. The third-order valence-corrected chi connectivity index (χ3v) is 4.81. The Labute approximate surface area is 165 Å². The number of hydrogen-bond acceptors (Lipinski definition) is 5. The van der Waals surface area contributed by atoms with Gasteiger partial charge in [-0.2, -0.15) is 4.98 Å². The first-order valence-electron chi connectivity index (χ1n) is 8.84. The van der Waals surface area contributed by atoms with Crippen molar-refractivity contribution in [2.75, 3.05) is 6.54 Å². The molecule has 0 unspecified atom stereocenters. The standard InChI is InChI=1S/C20H17ClFN3O3/c1-12-23-20(24-28-12)13-4-5-14(11-25-8-2-3-19(25)26)18(9-13)27-15-6-7-16(21)17(22)10-15/h4-7,9-10H,2-3,8,11H2,1H3. The minimum absolute atomic E-state index is 0.0197. The molecule has 1 amide bonds. The number of aryl methyl sites for hydroxylation is 1. The molecule has 2 heterocycles. The molecule has 0 radical (unpaired) electrons. The normalized spacial score (nSPS) is 14.0. The molecular formula is C20H17ClFN3O3. The Morgan fingerprint density at radius 2 is 2.14 bits per heavy atom. The molecular weight excluding hydrogens is 385 g/mol. The van der Waals surface area contributed by atoms with Gasteiger partial charge in [-0.15, -0.1) is 0 Å². The predicted molar refractivity (Wildman–Crippen MR) is 101 cm³/mol. The second-order valence-corrected chi connectivity index (χ2v) is 6.96. The van der Waals surface area contributed by atoms with E-state index in [-0.39, 0.29) is 10.9 Å². The van der Waals surface area contributed by atoms with Crippen molar-refractivity contribution in [1.82, 2.24) is 15.0 Å². The van der Waals surface area contributed by atoms with Crippen LogP contribution in [0.25, 0.3) is 11.4 Å². The molecule has 1 aromatic heterocycles. The van der Waals surface area contributed by atoms with Gasteiger partial charge in [0.25, 0.3) is 0 Å². The Morgan fingerprint density at radius 1 is 1.29 bits per heavy atom. The highest BCUT2D eigenvalue weighted by Crippen LogP contribution is 2.32. The second kappa shape index (κ2) is 7.59. The summed E-state index contributed by atoms with van der Waals surface area (Å²) < 4.78 is 24.8. The van der Waals surface area contributed by atoms with Crippen LogP contribution in [-0.2, 0) is 11.3 Å². The van der Waals surface area contributed by atoms with Crippen LogP contribution in [0.1, 0.15) is 24.3 Å². The first-order valence-corrected chi connectivity index (χ1v) is 9.22. The number of rotatable bonds is 5. The summed E-state index contributed by atoms with van der Waals surface area (Å²) in [6.45, 7) is 2.83. The fourth-order valence-corrected chi connectivity index (χ4v) is 3.20. The zero-order chi connectivity index (χ0) is 19.7. The van der Waals surface area contributed by atoms with Gasteiger partial charge < -0.3 is 14.2 Å². The molecule has 144 valence electrons. The van der Waals surface area contributed by atoms with Crippen molar-refractivity contribution in [1.29, 1.82) is 0 Å². The molecule has 8 heteroatoms. The van der Waals surface area contributed by atoms with Crippen molar-refractivity contribution in [2.24, 2.45) is 0 Å². The van der Waals surface area contributed by atoms with E-state index in [9.17, 15) is 9.18 Å². The van der Waals surface area contributed by atoms with E-state index in [2.05, 4.69) is 10.1 Å². The van der Waals surface area contributed by atoms with E-state index in [1.807, 2.05) is 12.1 Å². The van der Waals surface area contributed by atoms with Crippen molar-refractivity contribution in [3.63, 3.8) is 0 Å². The van der Waals surface area contributed by atoms with Gasteiger partial charge in [0, 0.05) is 43.6 Å². The van der Waals surface area contributed by atoms with Crippen LogP contribution in [0.15, 0.2) is 40.9 Å². The summed E-state index contributed by atoms with van der Waals surface area (Å²) in [6, 6.07) is 9.69. The third kappa shape index (κ3) is 3.84. The Bertz CT molecular complexity index is 1040. The quantitative estimate of drug-likeness (QED) is 0.617. The SMILES string of the molecule is Cc1nc(-c2ccc(CN3CCCC3=O)c(Oc3ccc(Cl)c(F)c3)c2)no1. The molecule has 4 rings (SSSR count). The fraction of sp³-hybridized carbons (Fsp3) is 0.250. The van der Waals surface area contributed by atoms with E-state index >= 15 is 0 Å². The molecule has 0 saturated carbocycles. The monoisotopic (exact) mass is 401 g/mol. The van der Waals surface area contributed by atoms with E-state index in [1.165, 1.54) is 12.1 Å². The Morgan fingerprint density at radius 3 is 2.82 bits per heavy atom. The van der Waals surface area contributed by atoms with Crippen LogP contribution in [0, 0.1) is 12.7 Å². The van der Waals surface area contributed by atoms with Crippen LogP contribution in [0.2, 0.25) is 5.02 Å². The number of amides is 1. The number of ether oxygens (including phenoxy) is 1. The van der Waals surface area contributed by atoms with Crippen LogP contribution in [0.4, 0.5) is 4.39 Å². The van der Waals surface area contributed by atoms with Crippen molar-refractivity contribution in [3.8, 4) is 22.9 Å². The predicted octanol–water partition coefficient (Wildman–Crippen LogP) is 4.75. The topological polar surface area (TPSA) is 68.5 Å². The Kier molecular flexibility index (Phi) is 5.00. The third-order valence-electron chi connectivity index (χ3n) is 4.50. The van der Waals surface area contributed by atoms with Gasteiger partial charge >= 0.3 is 0 Å². The average Bonchev–Trinajstić information content (AvgIpc) is 3.28. The molecule has 0 bridgehead atoms. The lowest BCUT2D eigenvalue weighted by atomic mass is 10.1. The smallest absolute Gasteiger partial charge is 0.223 e. The number of likely N-dealkylation sites (tertiary alicyclic amines) is 1. The molecule has 1 aliphatic heterocycles. The molecule has 0 spiro atoms. The van der Waals surface area contributed by atoms with Gasteiger partial charge in [0.05, 0.1) is 5.02 Å². The van der Waals surface area contributed by atoms with Crippen LogP contribution in [0.3, 0.4) is 0 Å². The number of carbonyl (C=O) groups is 1. The Balaban J connectivity index is 1.69. The summed E-state index contributed by atoms with van der Waals surface area (Å²) in [5, 5.41) is 3.94. The summed E-state index contributed by atoms with van der Waals surface area (Å²) in [5.74, 6) is 1.21. The lowest BCUT2D eigenvalue weighted by molar-refractivity contribution is -0.128. The van der Waals surface area contributed by atoms with Gasteiger partial charge in [0.2, 0.25) is 17.6 Å². The average molecular weight is 402 g/mol. The minimum atomic E-state index is -0.569. The van der Waals surface area contributed by atoms with Crippen LogP contribution in [-0.4, -0.2) is 27.5 Å². The van der Waals surface area contributed by atoms with E-state index < -0.39 is 5.82 Å². The highest BCUT2D eigenvalue weighted by molar-refractivity contribution is 6.30. The molecule has 1 saturated heterocycles. The number of nitrogens with zero attached hydrogens (tertiary/aromatic N) is 3. The van der Waals surface area contributed by atoms with E-state index in [0.29, 0.717) is 48.3 Å². The Hall–Kier alpha value is -2.93. The molecule has 0 aliphatic carbocycles. The van der Waals surface area contributed by atoms with E-state index in [0.717, 1.165) is 12.0 Å². The first kappa shape index (κ1) is 18.4. The van der Waals surface area contributed by atoms with Crippen molar-refractivity contribution >= 4 is 17.5 Å². The van der Waals surface area contributed by atoms with E-state index in [1.54, 1.807) is 24.0 Å². The van der Waals surface area contributed by atoms with E-state index in [4.69, 9.17) is 20.9 Å². The maximum Gasteiger partial charge on any atom is 0.223 e. The van der Waals surface area contributed by atoms with Gasteiger partial charge in [-0.05, 0) is 24.6 Å². The van der Waals surface area contributed by atoms with Crippen LogP contribution < -0.4 is 4.74 Å². The largest absolute Gasteiger partial charge is 0.457 e. The lowest BCUT2D eigenvalue weighted by Gasteiger charge is -2.19. The van der Waals surface area contributed by atoms with Gasteiger partial charge in [-0.3, -0.25) is 4.79 Å². The second-order valence-electron chi connectivity index (χ2n) is 6.56. The summed E-state index contributed by atoms with van der Waals surface area (Å²) in [6.07, 6.45) is 1.40. The van der Waals surface area contributed by atoms with Gasteiger partial charge in [0.1, 0.15) is 17.3 Å². The van der Waals surface area contributed by atoms with Crippen LogP contribution >= 0.6 is 11.6 Å². The molecule has 28 heavy (non-hydrogen) atoms. The summed E-state index contributed by atoms with van der Waals surface area (Å²) >= 11 is 5.75. The number of benzene rings is 2. The van der Waals surface area contributed by atoms with Crippen molar-refractivity contribution in [3.05, 3.63) is 58.7 Å². The minimum Gasteiger partial charge on any atom is -0.457 e. The maximum atomic E-state index is 13.8. The maximum absolute atomic E-state index is 13.8. The zero-order valence-corrected chi connectivity index (χ0v) is 15.9. The molecule has 3 aromatic rings. The summed E-state index contributed by atoms with van der Waals surface area (Å²) in [5.41, 5.74) is 1.49. The highest BCUT2D eigenvalue weighted by Gasteiger charge is 2.22.